The van der Waals surface area contributed by atoms with Gasteiger partial charge in [-0.2, -0.15) is 0 Å². The topological polar surface area (TPSA) is 37.3 Å². The Morgan fingerprint density at radius 3 is 3.00 bits per heavy atom. The van der Waals surface area contributed by atoms with Gasteiger partial charge in [-0.15, -0.1) is 5.73 Å². The lowest BCUT2D eigenvalue weighted by atomic mass is 9.51. The zero-order valence-corrected chi connectivity index (χ0v) is 15.0. The van der Waals surface area contributed by atoms with Gasteiger partial charge in [0.15, 0.2) is 0 Å². The first-order valence-corrected chi connectivity index (χ1v) is 9.37. The molecule has 0 aromatic heterocycles. The van der Waals surface area contributed by atoms with Crippen LogP contribution in [0, 0.1) is 28.6 Å². The molecular formula is C23H26O2. The van der Waals surface area contributed by atoms with Crippen LogP contribution >= 0.6 is 0 Å². The molecule has 0 heterocycles. The SMILES string of the molecule is C[C@]12C=CC=C=C1CC[C@@H]1[C@@H]2C=C[C@]2(C)C(C=CCC(=O)O)=CC[C@@H]12. The van der Waals surface area contributed by atoms with Gasteiger partial charge in [-0.3, -0.25) is 4.79 Å². The normalized spacial score (nSPS) is 41.1. The largest absolute Gasteiger partial charge is 0.481 e. The number of carbonyl (C=O) groups is 1. The third-order valence-corrected chi connectivity index (χ3v) is 7.07. The standard InChI is InChI=1S/C23H26O2/c1-22-14-4-3-6-16(22)9-11-18-19-12-10-17(7-5-8-21(24)25)23(19,2)15-13-20(18)22/h3-5,7,10,13-15,18-20H,8-9,11-12H2,1-2H3,(H,24,25)/t18-,19-,20-,22-,23+/m0/s1. The minimum Gasteiger partial charge on any atom is -0.481 e. The zero-order chi connectivity index (χ0) is 17.7. The van der Waals surface area contributed by atoms with E-state index in [1.807, 2.05) is 6.08 Å². The van der Waals surface area contributed by atoms with Crippen LogP contribution in [-0.4, -0.2) is 11.1 Å². The summed E-state index contributed by atoms with van der Waals surface area (Å²) in [5.74, 6) is 1.06. The molecule has 4 rings (SSSR count). The monoisotopic (exact) mass is 334 g/mol. The van der Waals surface area contributed by atoms with Crippen LogP contribution in [-0.2, 0) is 4.79 Å². The highest BCUT2D eigenvalue weighted by atomic mass is 16.4. The second kappa shape index (κ2) is 5.75. The Balaban J connectivity index is 1.65. The number of hydrogen-bond acceptors (Lipinski definition) is 1. The molecule has 2 nitrogen and oxygen atoms in total. The summed E-state index contributed by atoms with van der Waals surface area (Å²) in [6.45, 7) is 4.71. The summed E-state index contributed by atoms with van der Waals surface area (Å²) in [6.07, 6.45) is 21.2. The molecule has 1 fully saturated rings. The molecule has 5 atom stereocenters. The van der Waals surface area contributed by atoms with Gasteiger partial charge in [0.05, 0.1) is 6.42 Å². The molecule has 0 aromatic rings. The van der Waals surface area contributed by atoms with Gasteiger partial charge in [0, 0.05) is 10.8 Å². The summed E-state index contributed by atoms with van der Waals surface area (Å²) in [4.78, 5) is 10.8. The first-order chi connectivity index (χ1) is 11.9. The zero-order valence-electron chi connectivity index (χ0n) is 15.0. The Morgan fingerprint density at radius 2 is 2.20 bits per heavy atom. The molecular weight excluding hydrogens is 308 g/mol. The molecule has 4 aliphatic rings. The molecule has 2 heteroatoms. The van der Waals surface area contributed by atoms with Crippen LogP contribution in [0.3, 0.4) is 0 Å². The third kappa shape index (κ3) is 2.43. The van der Waals surface area contributed by atoms with E-state index in [-0.39, 0.29) is 17.3 Å². The van der Waals surface area contributed by atoms with Gasteiger partial charge in [-0.25, -0.2) is 0 Å². The maximum absolute atomic E-state index is 10.8. The van der Waals surface area contributed by atoms with Gasteiger partial charge in [0.2, 0.25) is 0 Å². The average molecular weight is 334 g/mol. The number of carboxylic acids is 1. The summed E-state index contributed by atoms with van der Waals surface area (Å²) in [5, 5.41) is 8.87. The van der Waals surface area contributed by atoms with Crippen LogP contribution in [0.15, 0.2) is 65.5 Å². The van der Waals surface area contributed by atoms with Gasteiger partial charge in [0.25, 0.3) is 0 Å². The minimum atomic E-state index is -0.771. The molecule has 0 amide bonds. The van der Waals surface area contributed by atoms with Crippen molar-refractivity contribution in [1.29, 1.82) is 0 Å². The van der Waals surface area contributed by atoms with Crippen molar-refractivity contribution in [3.05, 3.63) is 65.5 Å². The first-order valence-electron chi connectivity index (χ1n) is 9.37. The van der Waals surface area contributed by atoms with Gasteiger partial charge >= 0.3 is 5.97 Å². The Morgan fingerprint density at radius 1 is 1.36 bits per heavy atom. The predicted octanol–water partition coefficient (Wildman–Crippen LogP) is 5.22. The number of allylic oxidation sites excluding steroid dienone is 8. The molecule has 25 heavy (non-hydrogen) atoms. The van der Waals surface area contributed by atoms with E-state index in [0.717, 1.165) is 12.8 Å². The van der Waals surface area contributed by atoms with Crippen LogP contribution in [0.25, 0.3) is 0 Å². The summed E-state index contributed by atoms with van der Waals surface area (Å²) >= 11 is 0. The smallest absolute Gasteiger partial charge is 0.307 e. The van der Waals surface area contributed by atoms with Crippen molar-refractivity contribution in [1.82, 2.24) is 0 Å². The summed E-state index contributed by atoms with van der Waals surface area (Å²) < 4.78 is 0. The highest BCUT2D eigenvalue weighted by Crippen LogP contribution is 2.61. The maximum atomic E-state index is 10.8. The Kier molecular flexibility index (Phi) is 3.77. The van der Waals surface area contributed by atoms with Crippen molar-refractivity contribution in [2.75, 3.05) is 0 Å². The van der Waals surface area contributed by atoms with Crippen LogP contribution in [0.2, 0.25) is 0 Å². The van der Waals surface area contributed by atoms with Crippen LogP contribution in [0.5, 0.6) is 0 Å². The molecule has 0 radical (unpaired) electrons. The molecule has 1 saturated carbocycles. The molecule has 1 N–H and O–H groups in total. The lowest BCUT2D eigenvalue weighted by Gasteiger charge is -2.53. The Bertz CT molecular complexity index is 787. The number of carboxylic acid groups (broad SMARTS) is 1. The van der Waals surface area contributed by atoms with Gasteiger partial charge < -0.3 is 5.11 Å². The number of rotatable bonds is 3. The average Bonchev–Trinajstić information content (AvgIpc) is 2.91. The van der Waals surface area contributed by atoms with Crippen molar-refractivity contribution in [3.8, 4) is 0 Å². The summed E-state index contributed by atoms with van der Waals surface area (Å²) in [7, 11) is 0. The molecule has 130 valence electrons. The van der Waals surface area contributed by atoms with Crippen LogP contribution in [0.1, 0.15) is 39.5 Å². The summed E-state index contributed by atoms with van der Waals surface area (Å²) in [5.41, 5.74) is 6.40. The Hall–Kier alpha value is -2.05. The van der Waals surface area contributed by atoms with E-state index in [9.17, 15) is 4.79 Å². The Labute approximate surface area is 150 Å². The number of aliphatic carboxylic acids is 1. The van der Waals surface area contributed by atoms with Crippen molar-refractivity contribution in [3.63, 3.8) is 0 Å². The fraction of sp³-hybridized carbons (Fsp3) is 0.478. The van der Waals surface area contributed by atoms with Gasteiger partial charge in [-0.05, 0) is 54.2 Å². The maximum Gasteiger partial charge on any atom is 0.307 e. The van der Waals surface area contributed by atoms with Crippen molar-refractivity contribution in [2.24, 2.45) is 28.6 Å². The van der Waals surface area contributed by atoms with Gasteiger partial charge in [-0.1, -0.05) is 56.4 Å². The molecule has 0 unspecified atom stereocenters. The minimum absolute atomic E-state index is 0.0436. The van der Waals surface area contributed by atoms with E-state index in [1.165, 1.54) is 17.6 Å². The fourth-order valence-electron chi connectivity index (χ4n) is 5.65. The first kappa shape index (κ1) is 16.4. The van der Waals surface area contributed by atoms with E-state index in [0.29, 0.717) is 17.8 Å². The third-order valence-electron chi connectivity index (χ3n) is 7.07. The van der Waals surface area contributed by atoms with E-state index < -0.39 is 5.97 Å². The van der Waals surface area contributed by atoms with Crippen LogP contribution < -0.4 is 0 Å². The highest BCUT2D eigenvalue weighted by molar-refractivity contribution is 5.68. The lowest BCUT2D eigenvalue weighted by molar-refractivity contribution is -0.136. The molecule has 0 bridgehead atoms. The second-order valence-corrected chi connectivity index (χ2v) is 8.30. The number of hydrogen-bond donors (Lipinski definition) is 1. The molecule has 0 spiro atoms. The summed E-state index contributed by atoms with van der Waals surface area (Å²) in [6, 6.07) is 0. The van der Waals surface area contributed by atoms with E-state index in [2.05, 4.69) is 56.0 Å². The van der Waals surface area contributed by atoms with Crippen LogP contribution in [0.4, 0.5) is 0 Å². The molecule has 0 aromatic carbocycles. The van der Waals surface area contributed by atoms with E-state index >= 15 is 0 Å². The molecule has 0 aliphatic heterocycles. The molecule has 4 aliphatic carbocycles. The predicted molar refractivity (Wildman–Crippen MR) is 99.9 cm³/mol. The van der Waals surface area contributed by atoms with E-state index in [4.69, 9.17) is 5.11 Å². The number of fused-ring (bicyclic) bond motifs is 5. The van der Waals surface area contributed by atoms with Gasteiger partial charge in [0.1, 0.15) is 0 Å². The molecule has 0 saturated heterocycles. The van der Waals surface area contributed by atoms with E-state index in [1.54, 1.807) is 6.08 Å². The fourth-order valence-corrected chi connectivity index (χ4v) is 5.65. The lowest BCUT2D eigenvalue weighted by Crippen LogP contribution is -2.45. The van der Waals surface area contributed by atoms with Crippen molar-refractivity contribution < 1.29 is 9.90 Å². The quantitative estimate of drug-likeness (QED) is 0.567. The van der Waals surface area contributed by atoms with Crippen molar-refractivity contribution >= 4 is 5.97 Å². The van der Waals surface area contributed by atoms with Crippen molar-refractivity contribution in [2.45, 2.75) is 39.5 Å². The second-order valence-electron chi connectivity index (χ2n) is 8.30. The highest BCUT2D eigenvalue weighted by Gasteiger charge is 2.53.